The first-order valence-electron chi connectivity index (χ1n) is 7.62. The largest absolute Gasteiger partial charge is 0.399 e. The molecule has 1 aromatic rings. The van der Waals surface area contributed by atoms with Crippen LogP contribution in [-0.4, -0.2) is 61.1 Å². The summed E-state index contributed by atoms with van der Waals surface area (Å²) in [5.74, 6) is 0.107. The van der Waals surface area contributed by atoms with E-state index in [9.17, 15) is 4.79 Å². The summed E-state index contributed by atoms with van der Waals surface area (Å²) in [5, 5.41) is 0. The fraction of sp³-hybridized carbons (Fsp3) is 0.562. The van der Waals surface area contributed by atoms with Crippen LogP contribution >= 0.6 is 24.8 Å². The van der Waals surface area contributed by atoms with Crippen LogP contribution in [0.2, 0.25) is 0 Å². The first-order chi connectivity index (χ1) is 10.1. The van der Waals surface area contributed by atoms with Gasteiger partial charge in [-0.25, -0.2) is 0 Å². The first-order valence-corrected chi connectivity index (χ1v) is 7.62. The normalized spacial score (nSPS) is 21.4. The number of hydrogen-bond acceptors (Lipinski definition) is 4. The predicted molar refractivity (Wildman–Crippen MR) is 96.8 cm³/mol. The van der Waals surface area contributed by atoms with Crippen molar-refractivity contribution in [3.63, 3.8) is 0 Å². The molecular formula is C16H25Cl2N3O2. The fourth-order valence-corrected chi connectivity index (χ4v) is 3.21. The molecule has 1 amide bonds. The van der Waals surface area contributed by atoms with Gasteiger partial charge in [0.15, 0.2) is 0 Å². The van der Waals surface area contributed by atoms with Gasteiger partial charge in [0, 0.05) is 43.5 Å². The van der Waals surface area contributed by atoms with Gasteiger partial charge in [0.1, 0.15) is 0 Å². The maximum Gasteiger partial charge on any atom is 0.254 e. The van der Waals surface area contributed by atoms with Crippen LogP contribution in [0, 0.1) is 6.92 Å². The van der Waals surface area contributed by atoms with Gasteiger partial charge >= 0.3 is 0 Å². The van der Waals surface area contributed by atoms with Crippen molar-refractivity contribution in [1.82, 2.24) is 9.80 Å². The number of benzene rings is 1. The minimum atomic E-state index is 0. The molecule has 2 aliphatic rings. The zero-order valence-corrected chi connectivity index (χ0v) is 15.0. The van der Waals surface area contributed by atoms with Gasteiger partial charge in [-0.15, -0.1) is 24.8 Å². The van der Waals surface area contributed by atoms with E-state index in [1.54, 1.807) is 6.07 Å². The quantitative estimate of drug-likeness (QED) is 0.818. The maximum absolute atomic E-state index is 12.7. The van der Waals surface area contributed by atoms with E-state index in [4.69, 9.17) is 10.5 Å². The molecule has 7 heteroatoms. The second-order valence-electron chi connectivity index (χ2n) is 5.92. The number of anilines is 1. The predicted octanol–water partition coefficient (Wildman–Crippen LogP) is 1.97. The number of halogens is 2. The lowest BCUT2D eigenvalue weighted by Gasteiger charge is -2.32. The van der Waals surface area contributed by atoms with Crippen LogP contribution in [0.15, 0.2) is 18.2 Å². The Kier molecular flexibility index (Phi) is 7.61. The first kappa shape index (κ1) is 20.0. The number of nitrogens with two attached hydrogens (primary N) is 1. The van der Waals surface area contributed by atoms with Crippen LogP contribution in [0.1, 0.15) is 22.3 Å². The monoisotopic (exact) mass is 361 g/mol. The number of aryl methyl sites for hydroxylation is 1. The molecule has 0 saturated carbocycles. The van der Waals surface area contributed by atoms with Crippen molar-refractivity contribution in [2.45, 2.75) is 19.4 Å². The van der Waals surface area contributed by atoms with Crippen LogP contribution in [0.5, 0.6) is 0 Å². The maximum atomic E-state index is 12.7. The molecule has 0 aliphatic carbocycles. The van der Waals surface area contributed by atoms with E-state index >= 15 is 0 Å². The third-order valence-electron chi connectivity index (χ3n) is 4.50. The topological polar surface area (TPSA) is 58.8 Å². The molecule has 0 radical (unpaired) electrons. The Bertz CT molecular complexity index is 536. The Morgan fingerprint density at radius 1 is 1.22 bits per heavy atom. The van der Waals surface area contributed by atoms with E-state index in [1.807, 2.05) is 24.0 Å². The molecule has 2 fully saturated rings. The molecular weight excluding hydrogens is 337 g/mol. The number of likely N-dealkylation sites (tertiary alicyclic amines) is 1. The molecule has 2 aliphatic heterocycles. The second-order valence-corrected chi connectivity index (χ2v) is 5.92. The number of hydrogen-bond donors (Lipinski definition) is 1. The highest BCUT2D eigenvalue weighted by Gasteiger charge is 2.31. The summed E-state index contributed by atoms with van der Waals surface area (Å²) < 4.78 is 5.40. The summed E-state index contributed by atoms with van der Waals surface area (Å²) in [6.45, 7) is 7.16. The van der Waals surface area contributed by atoms with Gasteiger partial charge in [-0.2, -0.15) is 0 Å². The molecule has 1 aromatic carbocycles. The molecule has 2 N–H and O–H groups in total. The van der Waals surface area contributed by atoms with Crippen molar-refractivity contribution in [1.29, 1.82) is 0 Å². The van der Waals surface area contributed by atoms with Gasteiger partial charge < -0.3 is 15.4 Å². The number of carbonyl (C=O) groups is 1. The van der Waals surface area contributed by atoms with Crippen molar-refractivity contribution in [3.05, 3.63) is 29.3 Å². The zero-order chi connectivity index (χ0) is 14.8. The minimum absolute atomic E-state index is 0. The SMILES string of the molecule is Cc1ccc(N)cc1C(=O)N1CCC(N2CCOCC2)C1.Cl.Cl. The van der Waals surface area contributed by atoms with E-state index in [1.165, 1.54) is 0 Å². The van der Waals surface area contributed by atoms with Gasteiger partial charge in [-0.05, 0) is 31.0 Å². The lowest BCUT2D eigenvalue weighted by molar-refractivity contribution is 0.0185. The highest BCUT2D eigenvalue weighted by molar-refractivity contribution is 5.96. The van der Waals surface area contributed by atoms with Crippen LogP contribution in [-0.2, 0) is 4.74 Å². The van der Waals surface area contributed by atoms with Gasteiger partial charge in [0.2, 0.25) is 0 Å². The van der Waals surface area contributed by atoms with Crippen LogP contribution in [0.4, 0.5) is 5.69 Å². The van der Waals surface area contributed by atoms with Gasteiger partial charge in [0.25, 0.3) is 5.91 Å². The molecule has 130 valence electrons. The minimum Gasteiger partial charge on any atom is -0.399 e. The number of carbonyl (C=O) groups excluding carboxylic acids is 1. The van der Waals surface area contributed by atoms with E-state index in [0.29, 0.717) is 11.7 Å². The summed E-state index contributed by atoms with van der Waals surface area (Å²) >= 11 is 0. The number of morpholine rings is 1. The summed E-state index contributed by atoms with van der Waals surface area (Å²) in [7, 11) is 0. The standard InChI is InChI=1S/C16H23N3O2.2ClH/c1-12-2-3-13(17)10-15(12)16(20)19-5-4-14(11-19)18-6-8-21-9-7-18;;/h2-3,10,14H,4-9,11,17H2,1H3;2*1H. The number of nitrogen functional groups attached to an aromatic ring is 1. The summed E-state index contributed by atoms with van der Waals surface area (Å²) in [6, 6.07) is 6.02. The number of nitrogens with zero attached hydrogens (tertiary/aromatic N) is 2. The molecule has 0 bridgehead atoms. The Morgan fingerprint density at radius 2 is 1.91 bits per heavy atom. The van der Waals surface area contributed by atoms with Gasteiger partial charge in [0.05, 0.1) is 13.2 Å². The lowest BCUT2D eigenvalue weighted by atomic mass is 10.1. The Labute approximate surface area is 150 Å². The van der Waals surface area contributed by atoms with Gasteiger partial charge in [-0.1, -0.05) is 6.07 Å². The zero-order valence-electron chi connectivity index (χ0n) is 13.4. The lowest BCUT2D eigenvalue weighted by Crippen LogP contribution is -2.45. The smallest absolute Gasteiger partial charge is 0.254 e. The molecule has 3 rings (SSSR count). The van der Waals surface area contributed by atoms with Crippen molar-refractivity contribution in [2.75, 3.05) is 45.1 Å². The number of rotatable bonds is 2. The van der Waals surface area contributed by atoms with Crippen LogP contribution in [0.3, 0.4) is 0 Å². The van der Waals surface area contributed by atoms with E-state index < -0.39 is 0 Å². The second kappa shape index (κ2) is 8.73. The van der Waals surface area contributed by atoms with Crippen molar-refractivity contribution in [3.8, 4) is 0 Å². The van der Waals surface area contributed by atoms with Crippen LogP contribution in [0.25, 0.3) is 0 Å². The van der Waals surface area contributed by atoms with E-state index in [-0.39, 0.29) is 30.7 Å². The van der Waals surface area contributed by atoms with Crippen LogP contribution < -0.4 is 5.73 Å². The summed E-state index contributed by atoms with van der Waals surface area (Å²) in [6.07, 6.45) is 1.05. The average molecular weight is 362 g/mol. The van der Waals surface area contributed by atoms with Crippen molar-refractivity contribution < 1.29 is 9.53 Å². The molecule has 0 aromatic heterocycles. The molecule has 2 saturated heterocycles. The molecule has 0 spiro atoms. The third-order valence-corrected chi connectivity index (χ3v) is 4.50. The Morgan fingerprint density at radius 3 is 2.61 bits per heavy atom. The molecule has 1 atom stereocenters. The Balaban J connectivity index is 0.00000132. The van der Waals surface area contributed by atoms with E-state index in [2.05, 4.69) is 4.90 Å². The average Bonchev–Trinajstić information content (AvgIpc) is 3.00. The van der Waals surface area contributed by atoms with Crippen molar-refractivity contribution in [2.24, 2.45) is 0 Å². The molecule has 2 heterocycles. The number of amides is 1. The fourth-order valence-electron chi connectivity index (χ4n) is 3.21. The highest BCUT2D eigenvalue weighted by atomic mass is 35.5. The highest BCUT2D eigenvalue weighted by Crippen LogP contribution is 2.21. The number of ether oxygens (including phenoxy) is 1. The third kappa shape index (κ3) is 4.51. The molecule has 5 nitrogen and oxygen atoms in total. The van der Waals surface area contributed by atoms with E-state index in [0.717, 1.165) is 56.9 Å². The van der Waals surface area contributed by atoms with Crippen molar-refractivity contribution >= 4 is 36.4 Å². The molecule has 1 unspecified atom stereocenters. The summed E-state index contributed by atoms with van der Waals surface area (Å²) in [4.78, 5) is 17.1. The summed E-state index contributed by atoms with van der Waals surface area (Å²) in [5.41, 5.74) is 8.19. The molecule has 23 heavy (non-hydrogen) atoms. The van der Waals surface area contributed by atoms with Gasteiger partial charge in [-0.3, -0.25) is 9.69 Å². The Hall–Kier alpha value is -1.01.